The lowest BCUT2D eigenvalue weighted by atomic mass is 9.95. The predicted molar refractivity (Wildman–Crippen MR) is 127 cm³/mol. The molecule has 1 fully saturated rings. The molecule has 2 aromatic heterocycles. The third-order valence-corrected chi connectivity index (χ3v) is 6.39. The van der Waals surface area contributed by atoms with Crippen molar-refractivity contribution in [3.8, 4) is 5.75 Å². The van der Waals surface area contributed by atoms with Crippen LogP contribution in [-0.2, 0) is 6.54 Å². The van der Waals surface area contributed by atoms with E-state index in [4.69, 9.17) is 4.74 Å². The highest BCUT2D eigenvalue weighted by atomic mass is 16.5. The van der Waals surface area contributed by atoms with Gasteiger partial charge in [-0.2, -0.15) is 0 Å². The molecule has 1 aliphatic rings. The Morgan fingerprint density at radius 1 is 1.12 bits per heavy atom. The Hall–Kier alpha value is -3.87. The molecule has 0 saturated carbocycles. The Labute approximate surface area is 191 Å². The average molecular weight is 443 g/mol. The summed E-state index contributed by atoms with van der Waals surface area (Å²) in [6.45, 7) is 2.03. The number of amides is 1. The minimum Gasteiger partial charge on any atom is -0.497 e. The molecular formula is C26H26N4O3. The number of benzene rings is 2. The Bertz CT molecular complexity index is 1330. The summed E-state index contributed by atoms with van der Waals surface area (Å²) in [6, 6.07) is 16.9. The van der Waals surface area contributed by atoms with E-state index in [2.05, 4.69) is 26.7 Å². The van der Waals surface area contributed by atoms with Crippen LogP contribution < -0.4 is 10.3 Å². The molecule has 7 nitrogen and oxygen atoms in total. The normalized spacial score (nSPS) is 14.5. The second kappa shape index (κ2) is 8.94. The minimum absolute atomic E-state index is 0.0858. The van der Waals surface area contributed by atoms with Crippen LogP contribution in [0.3, 0.4) is 0 Å². The lowest BCUT2D eigenvalue weighted by molar-refractivity contribution is 0.0712. The molecule has 3 heterocycles. The average Bonchev–Trinajstić information content (AvgIpc) is 3.31. The highest BCUT2D eigenvalue weighted by Gasteiger charge is 2.28. The van der Waals surface area contributed by atoms with Crippen molar-refractivity contribution in [1.82, 2.24) is 19.4 Å². The number of nitrogens with one attached hydrogen (secondary N) is 1. The summed E-state index contributed by atoms with van der Waals surface area (Å²) in [4.78, 5) is 34.6. The van der Waals surface area contributed by atoms with Gasteiger partial charge in [-0.3, -0.25) is 9.59 Å². The van der Waals surface area contributed by atoms with Crippen LogP contribution in [0.4, 0.5) is 0 Å². The summed E-state index contributed by atoms with van der Waals surface area (Å²) in [7, 11) is 1.67. The number of likely N-dealkylation sites (tertiary alicyclic amines) is 1. The number of aromatic amines is 1. The van der Waals surface area contributed by atoms with Crippen LogP contribution in [0.15, 0.2) is 71.8 Å². The number of hydrogen-bond donors (Lipinski definition) is 1. The van der Waals surface area contributed by atoms with Crippen molar-refractivity contribution >= 4 is 16.8 Å². The van der Waals surface area contributed by atoms with Gasteiger partial charge in [-0.15, -0.1) is 0 Å². The second-order valence-corrected chi connectivity index (χ2v) is 8.42. The maximum Gasteiger partial charge on any atom is 0.254 e. The number of ether oxygens (including phenoxy) is 1. The van der Waals surface area contributed by atoms with Crippen LogP contribution in [0.1, 0.15) is 40.5 Å². The molecule has 0 atom stereocenters. The third-order valence-electron chi connectivity index (χ3n) is 6.39. The number of hydrogen-bond acceptors (Lipinski definition) is 4. The number of para-hydroxylation sites is 1. The van der Waals surface area contributed by atoms with Crippen LogP contribution in [0, 0.1) is 0 Å². The third kappa shape index (κ3) is 4.26. The number of piperidine rings is 1. The maximum absolute atomic E-state index is 13.3. The summed E-state index contributed by atoms with van der Waals surface area (Å²) < 4.78 is 7.43. The lowest BCUT2D eigenvalue weighted by Gasteiger charge is -2.32. The van der Waals surface area contributed by atoms with E-state index in [1.807, 2.05) is 53.7 Å². The number of carbonyl (C=O) groups is 1. The van der Waals surface area contributed by atoms with Crippen LogP contribution in [0.2, 0.25) is 0 Å². The van der Waals surface area contributed by atoms with Gasteiger partial charge in [0, 0.05) is 54.9 Å². The zero-order chi connectivity index (χ0) is 22.8. The number of carbonyl (C=O) groups excluding carboxylic acids is 1. The zero-order valence-electron chi connectivity index (χ0n) is 18.5. The van der Waals surface area contributed by atoms with Crippen molar-refractivity contribution in [2.75, 3.05) is 20.2 Å². The summed E-state index contributed by atoms with van der Waals surface area (Å²) in [6.07, 6.45) is 5.54. The summed E-state index contributed by atoms with van der Waals surface area (Å²) in [5, 5.41) is 0.777. The van der Waals surface area contributed by atoms with E-state index in [9.17, 15) is 9.59 Å². The number of imidazole rings is 1. The van der Waals surface area contributed by atoms with Gasteiger partial charge in [0.1, 0.15) is 11.6 Å². The van der Waals surface area contributed by atoms with Crippen molar-refractivity contribution in [3.05, 3.63) is 94.3 Å². The molecule has 1 N–H and O–H groups in total. The van der Waals surface area contributed by atoms with Crippen LogP contribution >= 0.6 is 0 Å². The molecule has 4 aromatic rings. The summed E-state index contributed by atoms with van der Waals surface area (Å²) in [5.74, 6) is 2.10. The first-order valence-electron chi connectivity index (χ1n) is 11.2. The highest BCUT2D eigenvalue weighted by molar-refractivity contribution is 6.05. The van der Waals surface area contributed by atoms with Crippen molar-refractivity contribution in [2.24, 2.45) is 0 Å². The van der Waals surface area contributed by atoms with Gasteiger partial charge in [0.15, 0.2) is 0 Å². The van der Waals surface area contributed by atoms with Crippen molar-refractivity contribution in [3.63, 3.8) is 0 Å². The molecule has 0 spiro atoms. The van der Waals surface area contributed by atoms with E-state index in [1.54, 1.807) is 7.11 Å². The number of aromatic nitrogens is 3. The van der Waals surface area contributed by atoms with Gasteiger partial charge < -0.3 is 19.2 Å². The van der Waals surface area contributed by atoms with Crippen LogP contribution in [-0.4, -0.2) is 45.5 Å². The first-order valence-corrected chi connectivity index (χ1v) is 11.2. The predicted octanol–water partition coefficient (Wildman–Crippen LogP) is 3.80. The quantitative estimate of drug-likeness (QED) is 0.510. The Morgan fingerprint density at radius 3 is 2.64 bits per heavy atom. The molecule has 0 radical (unpaired) electrons. The molecule has 5 rings (SSSR count). The number of pyridine rings is 1. The number of fused-ring (bicyclic) bond motifs is 1. The lowest BCUT2D eigenvalue weighted by Crippen LogP contribution is -2.38. The maximum atomic E-state index is 13.3. The molecule has 33 heavy (non-hydrogen) atoms. The molecular weight excluding hydrogens is 416 g/mol. The number of methoxy groups -OCH3 is 1. The van der Waals surface area contributed by atoms with E-state index in [0.717, 1.165) is 36.3 Å². The summed E-state index contributed by atoms with van der Waals surface area (Å²) in [5.41, 5.74) is 2.08. The molecule has 0 aliphatic carbocycles. The molecule has 1 saturated heterocycles. The van der Waals surface area contributed by atoms with E-state index >= 15 is 0 Å². The SMILES string of the molecule is COc1ccc(Cn2ccnc2C2CCN(C(=O)c3cc(=O)[nH]c4ccccc34)CC2)cc1. The fourth-order valence-corrected chi connectivity index (χ4v) is 4.63. The van der Waals surface area contributed by atoms with Gasteiger partial charge in [0.2, 0.25) is 5.56 Å². The van der Waals surface area contributed by atoms with Crippen LogP contribution in [0.5, 0.6) is 5.75 Å². The molecule has 7 heteroatoms. The van der Waals surface area contributed by atoms with Gasteiger partial charge in [0.25, 0.3) is 5.91 Å². The molecule has 1 amide bonds. The largest absolute Gasteiger partial charge is 0.497 e. The van der Waals surface area contributed by atoms with Gasteiger partial charge >= 0.3 is 0 Å². The number of rotatable bonds is 5. The zero-order valence-corrected chi connectivity index (χ0v) is 18.5. The first-order chi connectivity index (χ1) is 16.1. The Kier molecular flexibility index (Phi) is 5.69. The number of H-pyrrole nitrogens is 1. The van der Waals surface area contributed by atoms with Gasteiger partial charge in [-0.1, -0.05) is 30.3 Å². The Balaban J connectivity index is 1.29. The summed E-state index contributed by atoms with van der Waals surface area (Å²) >= 11 is 0. The fourth-order valence-electron chi connectivity index (χ4n) is 4.63. The van der Waals surface area contributed by atoms with E-state index in [-0.39, 0.29) is 11.5 Å². The van der Waals surface area contributed by atoms with Crippen LogP contribution in [0.25, 0.3) is 10.9 Å². The van der Waals surface area contributed by atoms with Crippen molar-refractivity contribution in [1.29, 1.82) is 0 Å². The van der Waals surface area contributed by atoms with E-state index < -0.39 is 0 Å². The highest BCUT2D eigenvalue weighted by Crippen LogP contribution is 2.29. The van der Waals surface area contributed by atoms with E-state index in [1.165, 1.54) is 11.6 Å². The topological polar surface area (TPSA) is 80.2 Å². The fraction of sp³-hybridized carbons (Fsp3) is 0.269. The molecule has 168 valence electrons. The monoisotopic (exact) mass is 442 g/mol. The standard InChI is InChI=1S/C26H26N4O3/c1-33-20-8-6-18(7-9-20)17-30-15-12-27-25(30)19-10-13-29(14-11-19)26(32)22-16-24(31)28-23-5-3-2-4-21(22)23/h2-9,12,15-16,19H,10-11,13-14,17H2,1H3,(H,28,31). The Morgan fingerprint density at radius 2 is 1.88 bits per heavy atom. The first kappa shape index (κ1) is 21.0. The van der Waals surface area contributed by atoms with E-state index in [0.29, 0.717) is 30.1 Å². The second-order valence-electron chi connectivity index (χ2n) is 8.42. The smallest absolute Gasteiger partial charge is 0.254 e. The minimum atomic E-state index is -0.257. The molecule has 0 bridgehead atoms. The van der Waals surface area contributed by atoms with Gasteiger partial charge in [0.05, 0.1) is 12.7 Å². The molecule has 0 unspecified atom stereocenters. The van der Waals surface area contributed by atoms with Gasteiger partial charge in [-0.25, -0.2) is 4.98 Å². The molecule has 2 aromatic carbocycles. The number of nitrogens with zero attached hydrogens (tertiary/aromatic N) is 3. The molecule has 1 aliphatic heterocycles. The van der Waals surface area contributed by atoms with Gasteiger partial charge in [-0.05, 0) is 36.6 Å². The van der Waals surface area contributed by atoms with Crippen molar-refractivity contribution < 1.29 is 9.53 Å². The van der Waals surface area contributed by atoms with Crippen molar-refractivity contribution in [2.45, 2.75) is 25.3 Å².